The molecule has 0 unspecified atom stereocenters. The third-order valence-electron chi connectivity index (χ3n) is 5.37. The van der Waals surface area contributed by atoms with Crippen LogP contribution >= 0.6 is 23.4 Å². The molecule has 0 N–H and O–H groups in total. The number of fused-ring (bicyclic) bond motifs is 2. The summed E-state index contributed by atoms with van der Waals surface area (Å²) < 4.78 is 1.62. The van der Waals surface area contributed by atoms with Gasteiger partial charge in [-0.2, -0.15) is 4.98 Å². The summed E-state index contributed by atoms with van der Waals surface area (Å²) in [6, 6.07) is 16.1. The summed E-state index contributed by atoms with van der Waals surface area (Å²) >= 11 is 7.70. The molecule has 5 nitrogen and oxygen atoms in total. The first-order valence-corrected chi connectivity index (χ1v) is 11.1. The maximum Gasteiger partial charge on any atom is 0.253 e. The van der Waals surface area contributed by atoms with Gasteiger partial charge < -0.3 is 0 Å². The lowest BCUT2D eigenvalue weighted by Crippen LogP contribution is -2.21. The van der Waals surface area contributed by atoms with Crippen molar-refractivity contribution in [3.05, 3.63) is 87.7 Å². The van der Waals surface area contributed by atoms with Gasteiger partial charge in [-0.3, -0.25) is 4.79 Å². The van der Waals surface area contributed by atoms with Crippen molar-refractivity contribution in [2.75, 3.05) is 0 Å². The number of Topliss-reactive ketones (excluding diaryl/α,β-unsaturated/α-hetero) is 1. The monoisotopic (exact) mass is 434 g/mol. The molecule has 1 aliphatic rings. The number of aromatic nitrogens is 4. The summed E-state index contributed by atoms with van der Waals surface area (Å²) in [5.41, 5.74) is 4.95. The minimum Gasteiger partial charge on any atom is -0.294 e. The topological polar surface area (TPSA) is 60.1 Å². The predicted octanol–water partition coefficient (Wildman–Crippen LogP) is 5.29. The molecule has 2 aromatic carbocycles. The molecule has 0 saturated heterocycles. The standard InChI is InChI=1S/C23H19ClN4OS/c1-14-5-7-15(8-6-14)13-30-23-26-22-25-20-10-17(16-3-2-4-18(24)9-16)11-21(29)19(20)12-28(22)27-23/h2-9,12,17H,10-11,13H2,1H3/t17-/m0/s1. The third kappa shape index (κ3) is 3.85. The normalized spacial score (nSPS) is 16.1. The Balaban J connectivity index is 1.40. The molecule has 0 saturated carbocycles. The van der Waals surface area contributed by atoms with Crippen LogP contribution in [0.4, 0.5) is 0 Å². The molecule has 0 fully saturated rings. The van der Waals surface area contributed by atoms with Gasteiger partial charge >= 0.3 is 0 Å². The lowest BCUT2D eigenvalue weighted by atomic mass is 9.82. The van der Waals surface area contributed by atoms with Crippen LogP contribution in [0.5, 0.6) is 0 Å². The second kappa shape index (κ2) is 7.85. The number of thioether (sulfide) groups is 1. The highest BCUT2D eigenvalue weighted by molar-refractivity contribution is 7.98. The summed E-state index contributed by atoms with van der Waals surface area (Å²) in [7, 11) is 0. The first-order chi connectivity index (χ1) is 14.5. The Hall–Kier alpha value is -2.70. The second-order valence-corrected chi connectivity index (χ2v) is 8.98. The zero-order valence-corrected chi connectivity index (χ0v) is 18.0. The average Bonchev–Trinajstić information content (AvgIpc) is 3.14. The maximum absolute atomic E-state index is 12.8. The molecule has 1 aliphatic carbocycles. The Morgan fingerprint density at radius 1 is 1.13 bits per heavy atom. The molecule has 7 heteroatoms. The fraction of sp³-hybridized carbons (Fsp3) is 0.217. The van der Waals surface area contributed by atoms with E-state index in [1.165, 1.54) is 11.1 Å². The minimum atomic E-state index is 0.0805. The van der Waals surface area contributed by atoms with Gasteiger partial charge in [0.05, 0.1) is 11.3 Å². The fourth-order valence-electron chi connectivity index (χ4n) is 3.75. The van der Waals surface area contributed by atoms with Crippen molar-refractivity contribution in [1.29, 1.82) is 0 Å². The van der Waals surface area contributed by atoms with Gasteiger partial charge in [0.1, 0.15) is 0 Å². The van der Waals surface area contributed by atoms with Crippen LogP contribution in [0.25, 0.3) is 5.78 Å². The van der Waals surface area contributed by atoms with Crippen molar-refractivity contribution >= 4 is 34.9 Å². The molecule has 0 radical (unpaired) electrons. The van der Waals surface area contributed by atoms with Crippen LogP contribution in [0.2, 0.25) is 5.02 Å². The Morgan fingerprint density at radius 3 is 2.77 bits per heavy atom. The Labute approximate surface area is 183 Å². The molecular formula is C23H19ClN4OS. The van der Waals surface area contributed by atoms with Crippen molar-refractivity contribution in [3.8, 4) is 0 Å². The van der Waals surface area contributed by atoms with E-state index in [1.54, 1.807) is 22.5 Å². The number of hydrogen-bond donors (Lipinski definition) is 0. The van der Waals surface area contributed by atoms with Gasteiger partial charge in [-0.1, -0.05) is 65.3 Å². The average molecular weight is 435 g/mol. The first-order valence-electron chi connectivity index (χ1n) is 9.78. The Bertz CT molecular complexity index is 1250. The molecule has 5 rings (SSSR count). The van der Waals surface area contributed by atoms with E-state index in [4.69, 9.17) is 11.6 Å². The third-order valence-corrected chi connectivity index (χ3v) is 6.52. The van der Waals surface area contributed by atoms with Crippen LogP contribution in [-0.4, -0.2) is 25.4 Å². The van der Waals surface area contributed by atoms with Crippen molar-refractivity contribution < 1.29 is 4.79 Å². The summed E-state index contributed by atoms with van der Waals surface area (Å²) in [6.45, 7) is 2.08. The minimum absolute atomic E-state index is 0.0805. The van der Waals surface area contributed by atoms with E-state index in [1.807, 2.05) is 24.3 Å². The number of rotatable bonds is 4. The predicted molar refractivity (Wildman–Crippen MR) is 118 cm³/mol. The summed E-state index contributed by atoms with van der Waals surface area (Å²) in [5, 5.41) is 5.85. The van der Waals surface area contributed by atoms with E-state index in [2.05, 4.69) is 46.3 Å². The number of ketones is 1. The highest BCUT2D eigenvalue weighted by Gasteiger charge is 2.28. The number of aryl methyl sites for hydroxylation is 1. The van der Waals surface area contributed by atoms with Crippen LogP contribution < -0.4 is 0 Å². The molecule has 0 aliphatic heterocycles. The number of halogens is 1. The quantitative estimate of drug-likeness (QED) is 0.408. The highest BCUT2D eigenvalue weighted by atomic mass is 35.5. The molecule has 0 amide bonds. The molecule has 2 aromatic heterocycles. The molecule has 4 aromatic rings. The molecule has 150 valence electrons. The van der Waals surface area contributed by atoms with Crippen molar-refractivity contribution in [2.24, 2.45) is 0 Å². The maximum atomic E-state index is 12.8. The molecule has 1 atom stereocenters. The van der Waals surface area contributed by atoms with Crippen LogP contribution in [-0.2, 0) is 12.2 Å². The second-order valence-electron chi connectivity index (χ2n) is 7.60. The highest BCUT2D eigenvalue weighted by Crippen LogP contribution is 2.33. The van der Waals surface area contributed by atoms with Crippen LogP contribution in [0.3, 0.4) is 0 Å². The van der Waals surface area contributed by atoms with Crippen molar-refractivity contribution in [3.63, 3.8) is 0 Å². The summed E-state index contributed by atoms with van der Waals surface area (Å²) in [5.74, 6) is 1.48. The largest absolute Gasteiger partial charge is 0.294 e. The van der Waals surface area contributed by atoms with E-state index in [0.29, 0.717) is 34.4 Å². The van der Waals surface area contributed by atoms with E-state index < -0.39 is 0 Å². The number of hydrogen-bond acceptors (Lipinski definition) is 5. The Morgan fingerprint density at radius 2 is 1.97 bits per heavy atom. The molecule has 2 heterocycles. The van der Waals surface area contributed by atoms with Crippen molar-refractivity contribution in [1.82, 2.24) is 19.6 Å². The van der Waals surface area contributed by atoms with E-state index >= 15 is 0 Å². The molecule has 0 bridgehead atoms. The molecule has 30 heavy (non-hydrogen) atoms. The summed E-state index contributed by atoms with van der Waals surface area (Å²) in [4.78, 5) is 22.0. The van der Waals surface area contributed by atoms with Gasteiger partial charge in [0.15, 0.2) is 5.78 Å². The Kier molecular flexibility index (Phi) is 5.05. The summed E-state index contributed by atoms with van der Waals surface area (Å²) in [6.07, 6.45) is 2.91. The van der Waals surface area contributed by atoms with Gasteiger partial charge in [-0.25, -0.2) is 9.50 Å². The van der Waals surface area contributed by atoms with Gasteiger partial charge in [0.2, 0.25) is 5.16 Å². The van der Waals surface area contributed by atoms with E-state index in [9.17, 15) is 4.79 Å². The van der Waals surface area contributed by atoms with E-state index in [0.717, 1.165) is 17.0 Å². The van der Waals surface area contributed by atoms with E-state index in [-0.39, 0.29) is 11.7 Å². The molecule has 0 spiro atoms. The smallest absolute Gasteiger partial charge is 0.253 e. The SMILES string of the molecule is Cc1ccc(CSc2nc3nc4c(cn3n2)C(=O)C[C@@H](c2cccc(Cl)c2)C4)cc1. The first kappa shape index (κ1) is 19.3. The van der Waals surface area contributed by atoms with Crippen molar-refractivity contribution in [2.45, 2.75) is 36.6 Å². The lowest BCUT2D eigenvalue weighted by Gasteiger charge is -2.23. The number of benzene rings is 2. The van der Waals surface area contributed by atoms with Crippen LogP contribution in [0.1, 0.15) is 45.1 Å². The molecular weight excluding hydrogens is 416 g/mol. The zero-order valence-electron chi connectivity index (χ0n) is 16.4. The van der Waals surface area contributed by atoms with Crippen LogP contribution in [0, 0.1) is 6.92 Å². The number of nitrogens with zero attached hydrogens (tertiary/aromatic N) is 4. The van der Waals surface area contributed by atoms with Gasteiger partial charge in [0, 0.05) is 23.4 Å². The van der Waals surface area contributed by atoms with Crippen LogP contribution in [0.15, 0.2) is 59.9 Å². The number of carbonyl (C=O) groups is 1. The van der Waals surface area contributed by atoms with Gasteiger partial charge in [-0.05, 0) is 42.5 Å². The zero-order chi connectivity index (χ0) is 20.7. The lowest BCUT2D eigenvalue weighted by molar-refractivity contribution is 0.0962. The van der Waals surface area contributed by atoms with Gasteiger partial charge in [0.25, 0.3) is 5.78 Å². The number of carbonyl (C=O) groups excluding carboxylic acids is 1. The van der Waals surface area contributed by atoms with Gasteiger partial charge in [-0.15, -0.1) is 5.10 Å². The fourth-order valence-corrected chi connectivity index (χ4v) is 4.73.